The van der Waals surface area contributed by atoms with Gasteiger partial charge < -0.3 is 14.9 Å². The summed E-state index contributed by atoms with van der Waals surface area (Å²) in [7, 11) is 0. The van der Waals surface area contributed by atoms with E-state index in [1.807, 2.05) is 4.90 Å². The van der Waals surface area contributed by atoms with E-state index in [0.29, 0.717) is 18.5 Å². The Labute approximate surface area is 184 Å². The first-order chi connectivity index (χ1) is 15.0. The van der Waals surface area contributed by atoms with Gasteiger partial charge in [0.2, 0.25) is 0 Å². The Morgan fingerprint density at radius 3 is 2.39 bits per heavy atom. The van der Waals surface area contributed by atoms with Gasteiger partial charge in [0.05, 0.1) is 11.6 Å². The SMILES string of the molecule is CCN(CC)c1ccc([C@H]2[C@H]3CCCC[C@@]3(O)CCN2C(=O)c2ccc(F)cc2)cc1. The number of nitrogens with zero attached hydrogens (tertiary/aromatic N) is 2. The van der Waals surface area contributed by atoms with Crippen molar-refractivity contribution in [1.82, 2.24) is 4.90 Å². The maximum atomic E-state index is 13.5. The lowest BCUT2D eigenvalue weighted by Gasteiger charge is -2.52. The fourth-order valence-electron chi connectivity index (χ4n) is 5.55. The zero-order valence-electron chi connectivity index (χ0n) is 18.6. The summed E-state index contributed by atoms with van der Waals surface area (Å²) in [6, 6.07) is 14.1. The summed E-state index contributed by atoms with van der Waals surface area (Å²) in [5.41, 5.74) is 2.00. The monoisotopic (exact) mass is 424 g/mol. The standard InChI is InChI=1S/C26H33FN2O2/c1-3-28(4-2)22-14-10-19(11-15-22)24-23-7-5-6-16-26(23,31)17-18-29(24)25(30)20-8-12-21(27)13-9-20/h8-15,23-24,31H,3-7,16-18H2,1-2H3/t23-,24+,26-/m1/s1. The molecule has 31 heavy (non-hydrogen) atoms. The summed E-state index contributed by atoms with van der Waals surface area (Å²) in [5, 5.41) is 11.5. The van der Waals surface area contributed by atoms with Crippen LogP contribution in [-0.2, 0) is 0 Å². The van der Waals surface area contributed by atoms with E-state index < -0.39 is 5.60 Å². The molecule has 166 valence electrons. The minimum atomic E-state index is -0.722. The highest BCUT2D eigenvalue weighted by atomic mass is 19.1. The number of hydrogen-bond donors (Lipinski definition) is 1. The number of carbonyl (C=O) groups excluding carboxylic acids is 1. The van der Waals surface area contributed by atoms with Crippen molar-refractivity contribution in [3.05, 3.63) is 65.5 Å². The van der Waals surface area contributed by atoms with Crippen molar-refractivity contribution in [2.45, 2.75) is 57.6 Å². The molecule has 2 aromatic carbocycles. The number of carbonyl (C=O) groups is 1. The number of aliphatic hydroxyl groups is 1. The molecule has 1 aliphatic heterocycles. The van der Waals surface area contributed by atoms with Gasteiger partial charge in [-0.2, -0.15) is 0 Å². The van der Waals surface area contributed by atoms with Crippen LogP contribution in [0, 0.1) is 11.7 Å². The number of likely N-dealkylation sites (tertiary alicyclic amines) is 1. The number of piperidine rings is 1. The highest BCUT2D eigenvalue weighted by molar-refractivity contribution is 5.94. The fraction of sp³-hybridized carbons (Fsp3) is 0.500. The van der Waals surface area contributed by atoms with Crippen LogP contribution >= 0.6 is 0 Å². The van der Waals surface area contributed by atoms with Gasteiger partial charge in [0.1, 0.15) is 5.82 Å². The first-order valence-electron chi connectivity index (χ1n) is 11.6. The molecule has 2 fully saturated rings. The van der Waals surface area contributed by atoms with Crippen LogP contribution in [0.2, 0.25) is 0 Å². The maximum Gasteiger partial charge on any atom is 0.254 e. The lowest BCUT2D eigenvalue weighted by atomic mass is 9.66. The van der Waals surface area contributed by atoms with Crippen molar-refractivity contribution in [3.63, 3.8) is 0 Å². The average Bonchev–Trinajstić information content (AvgIpc) is 2.79. The molecule has 2 aliphatic rings. The van der Waals surface area contributed by atoms with Crippen LogP contribution in [0.3, 0.4) is 0 Å². The van der Waals surface area contributed by atoms with Crippen LogP contribution < -0.4 is 4.90 Å². The van der Waals surface area contributed by atoms with Crippen molar-refractivity contribution in [3.8, 4) is 0 Å². The maximum absolute atomic E-state index is 13.5. The van der Waals surface area contributed by atoms with E-state index in [1.54, 1.807) is 12.1 Å². The number of amides is 1. The molecule has 1 saturated carbocycles. The van der Waals surface area contributed by atoms with Crippen LogP contribution in [0.5, 0.6) is 0 Å². The third-order valence-corrected chi connectivity index (χ3v) is 7.28. The highest BCUT2D eigenvalue weighted by Gasteiger charge is 2.50. The van der Waals surface area contributed by atoms with Crippen LogP contribution in [0.4, 0.5) is 10.1 Å². The molecule has 4 nitrogen and oxygen atoms in total. The Bertz CT molecular complexity index is 895. The molecule has 0 radical (unpaired) electrons. The average molecular weight is 425 g/mol. The largest absolute Gasteiger partial charge is 0.389 e. The quantitative estimate of drug-likeness (QED) is 0.719. The predicted molar refractivity (Wildman–Crippen MR) is 122 cm³/mol. The second-order valence-corrected chi connectivity index (χ2v) is 8.92. The fourth-order valence-corrected chi connectivity index (χ4v) is 5.55. The molecule has 0 unspecified atom stereocenters. The van der Waals surface area contributed by atoms with Crippen molar-refractivity contribution in [1.29, 1.82) is 0 Å². The summed E-state index contributed by atoms with van der Waals surface area (Å²) < 4.78 is 13.4. The number of rotatable bonds is 5. The molecule has 1 aliphatic carbocycles. The molecular weight excluding hydrogens is 391 g/mol. The van der Waals surface area contributed by atoms with Crippen molar-refractivity contribution >= 4 is 11.6 Å². The van der Waals surface area contributed by atoms with Gasteiger partial charge in [-0.15, -0.1) is 0 Å². The zero-order valence-corrected chi connectivity index (χ0v) is 18.6. The summed E-state index contributed by atoms with van der Waals surface area (Å²) in [4.78, 5) is 17.7. The minimum Gasteiger partial charge on any atom is -0.389 e. The second kappa shape index (κ2) is 8.99. The van der Waals surface area contributed by atoms with Crippen molar-refractivity contribution < 1.29 is 14.3 Å². The molecule has 5 heteroatoms. The van der Waals surface area contributed by atoms with Crippen LogP contribution in [0.1, 0.15) is 67.9 Å². The van der Waals surface area contributed by atoms with Gasteiger partial charge >= 0.3 is 0 Å². The van der Waals surface area contributed by atoms with Crippen molar-refractivity contribution in [2.24, 2.45) is 5.92 Å². The van der Waals surface area contributed by atoms with E-state index in [-0.39, 0.29) is 23.7 Å². The Morgan fingerprint density at radius 1 is 1.06 bits per heavy atom. The van der Waals surface area contributed by atoms with E-state index in [2.05, 4.69) is 43.0 Å². The Morgan fingerprint density at radius 2 is 1.74 bits per heavy atom. The third-order valence-electron chi connectivity index (χ3n) is 7.28. The molecule has 0 spiro atoms. The summed E-state index contributed by atoms with van der Waals surface area (Å²) >= 11 is 0. The first-order valence-corrected chi connectivity index (χ1v) is 11.6. The van der Waals surface area contributed by atoms with Gasteiger partial charge in [-0.1, -0.05) is 25.0 Å². The third kappa shape index (κ3) is 4.20. The smallest absolute Gasteiger partial charge is 0.254 e. The van der Waals surface area contributed by atoms with Crippen molar-refractivity contribution in [2.75, 3.05) is 24.5 Å². The zero-order chi connectivity index (χ0) is 22.0. The van der Waals surface area contributed by atoms with E-state index >= 15 is 0 Å². The van der Waals surface area contributed by atoms with E-state index in [1.165, 1.54) is 17.8 Å². The minimum absolute atomic E-state index is 0.0127. The predicted octanol–water partition coefficient (Wildman–Crippen LogP) is 5.18. The first kappa shape index (κ1) is 21.8. The molecule has 1 saturated heterocycles. The summed E-state index contributed by atoms with van der Waals surface area (Å²) in [6.45, 7) is 6.67. The lowest BCUT2D eigenvalue weighted by molar-refractivity contribution is -0.115. The van der Waals surface area contributed by atoms with E-state index in [4.69, 9.17) is 0 Å². The number of hydrogen-bond acceptors (Lipinski definition) is 3. The topological polar surface area (TPSA) is 43.8 Å². The van der Waals surface area contributed by atoms with Gasteiger partial charge in [0.25, 0.3) is 5.91 Å². The lowest BCUT2D eigenvalue weighted by Crippen LogP contribution is -2.56. The number of benzene rings is 2. The molecule has 2 aromatic rings. The van der Waals surface area contributed by atoms with E-state index in [9.17, 15) is 14.3 Å². The van der Waals surface area contributed by atoms with E-state index in [0.717, 1.165) is 44.3 Å². The Kier molecular flexibility index (Phi) is 6.33. The molecule has 0 aromatic heterocycles. The second-order valence-electron chi connectivity index (χ2n) is 8.92. The van der Waals surface area contributed by atoms with Gasteiger partial charge in [-0.25, -0.2) is 4.39 Å². The summed E-state index contributed by atoms with van der Waals surface area (Å²) in [5.74, 6) is -0.426. The Balaban J connectivity index is 1.70. The van der Waals surface area contributed by atoms with Gasteiger partial charge in [0, 0.05) is 36.8 Å². The number of halogens is 1. The molecule has 3 atom stereocenters. The molecule has 0 bridgehead atoms. The Hall–Kier alpha value is -2.40. The molecule has 4 rings (SSSR count). The highest BCUT2D eigenvalue weighted by Crippen LogP contribution is 2.49. The van der Waals surface area contributed by atoms with Crippen LogP contribution in [-0.4, -0.2) is 41.1 Å². The van der Waals surface area contributed by atoms with Gasteiger partial charge in [-0.05, 0) is 75.1 Å². The van der Waals surface area contributed by atoms with Gasteiger partial charge in [0.15, 0.2) is 0 Å². The molecule has 1 N–H and O–H groups in total. The normalized spacial score (nSPS) is 25.7. The van der Waals surface area contributed by atoms with Crippen LogP contribution in [0.15, 0.2) is 48.5 Å². The van der Waals surface area contributed by atoms with Crippen LogP contribution in [0.25, 0.3) is 0 Å². The number of fused-ring (bicyclic) bond motifs is 1. The molecular formula is C26H33FN2O2. The number of anilines is 1. The molecule has 1 heterocycles. The summed E-state index contributed by atoms with van der Waals surface area (Å²) in [6.07, 6.45) is 4.40. The molecule has 1 amide bonds. The van der Waals surface area contributed by atoms with Gasteiger partial charge in [-0.3, -0.25) is 4.79 Å².